The average Bonchev–Trinajstić information content (AvgIpc) is 3.06. The van der Waals surface area contributed by atoms with Gasteiger partial charge in [-0.25, -0.2) is 4.98 Å². The van der Waals surface area contributed by atoms with Crippen LogP contribution in [-0.4, -0.2) is 41.3 Å². The highest BCUT2D eigenvalue weighted by Gasteiger charge is 2.39. The molecule has 1 saturated heterocycles. The summed E-state index contributed by atoms with van der Waals surface area (Å²) in [6.07, 6.45) is 1.35. The Kier molecular flexibility index (Phi) is 6.03. The number of ether oxygens (including phenoxy) is 1. The van der Waals surface area contributed by atoms with E-state index in [0.717, 1.165) is 41.2 Å². The first-order valence-electron chi connectivity index (χ1n) is 9.22. The van der Waals surface area contributed by atoms with Crippen LogP contribution < -0.4 is 10.6 Å². The number of hydrogen-bond acceptors (Lipinski definition) is 4. The second-order valence-electron chi connectivity index (χ2n) is 6.96. The molecule has 1 fully saturated rings. The highest BCUT2D eigenvalue weighted by Crippen LogP contribution is 2.27. The van der Waals surface area contributed by atoms with E-state index in [9.17, 15) is 4.79 Å². The summed E-state index contributed by atoms with van der Waals surface area (Å²) in [6, 6.07) is 15.9. The number of piperidine rings is 1. The predicted octanol–water partition coefficient (Wildman–Crippen LogP) is 3.37. The Balaban J connectivity index is 0.00000225. The van der Waals surface area contributed by atoms with Gasteiger partial charge < -0.3 is 19.9 Å². The Bertz CT molecular complexity index is 962. The van der Waals surface area contributed by atoms with Crippen LogP contribution in [0.15, 0.2) is 48.5 Å². The van der Waals surface area contributed by atoms with Gasteiger partial charge in [0, 0.05) is 25.4 Å². The maximum absolute atomic E-state index is 12.8. The van der Waals surface area contributed by atoms with Crippen LogP contribution in [0.4, 0.5) is 5.69 Å². The molecule has 2 aromatic carbocycles. The number of hydrogen-bond donors (Lipinski definition) is 2. The molecule has 1 aliphatic heterocycles. The molecule has 0 aliphatic carbocycles. The number of para-hydroxylation sites is 2. The van der Waals surface area contributed by atoms with Gasteiger partial charge in [-0.2, -0.15) is 0 Å². The fraction of sp³-hybridized carbons (Fsp3) is 0.333. The van der Waals surface area contributed by atoms with Gasteiger partial charge in [0.05, 0.1) is 11.0 Å². The van der Waals surface area contributed by atoms with Crippen molar-refractivity contribution in [3.8, 4) is 11.4 Å². The number of rotatable bonds is 4. The van der Waals surface area contributed by atoms with E-state index in [0.29, 0.717) is 12.8 Å². The zero-order chi connectivity index (χ0) is 18.9. The second-order valence-corrected chi connectivity index (χ2v) is 6.96. The van der Waals surface area contributed by atoms with Crippen molar-refractivity contribution in [1.82, 2.24) is 14.9 Å². The zero-order valence-corrected chi connectivity index (χ0v) is 16.9. The molecule has 0 spiro atoms. The predicted molar refractivity (Wildman–Crippen MR) is 114 cm³/mol. The first-order valence-corrected chi connectivity index (χ1v) is 9.22. The van der Waals surface area contributed by atoms with Gasteiger partial charge in [-0.3, -0.25) is 4.79 Å². The van der Waals surface area contributed by atoms with E-state index in [1.54, 1.807) is 7.11 Å². The summed E-state index contributed by atoms with van der Waals surface area (Å²) >= 11 is 0. The third kappa shape index (κ3) is 3.63. The molecule has 28 heavy (non-hydrogen) atoms. The van der Waals surface area contributed by atoms with Gasteiger partial charge in [-0.1, -0.05) is 12.1 Å². The number of aromatic nitrogens is 2. The molecule has 1 aromatic heterocycles. The zero-order valence-electron chi connectivity index (χ0n) is 16.1. The van der Waals surface area contributed by atoms with Gasteiger partial charge in [0.1, 0.15) is 11.4 Å². The van der Waals surface area contributed by atoms with Gasteiger partial charge in [-0.15, -0.1) is 12.4 Å². The molecule has 0 bridgehead atoms. The number of benzene rings is 2. The van der Waals surface area contributed by atoms with Crippen molar-refractivity contribution in [3.05, 3.63) is 48.5 Å². The summed E-state index contributed by atoms with van der Waals surface area (Å²) in [5.74, 6) is 0.822. The average molecular weight is 401 g/mol. The molecule has 4 rings (SSSR count). The summed E-state index contributed by atoms with van der Waals surface area (Å²) in [4.78, 5) is 17.5. The quantitative estimate of drug-likeness (QED) is 0.704. The minimum absolute atomic E-state index is 0. The van der Waals surface area contributed by atoms with Crippen molar-refractivity contribution in [2.75, 3.05) is 25.5 Å². The summed E-state index contributed by atoms with van der Waals surface area (Å²) in [7, 11) is 3.62. The number of aryl methyl sites for hydroxylation is 1. The highest BCUT2D eigenvalue weighted by molar-refractivity contribution is 5.97. The molecule has 0 unspecified atom stereocenters. The van der Waals surface area contributed by atoms with Gasteiger partial charge in [0.15, 0.2) is 0 Å². The lowest BCUT2D eigenvalue weighted by atomic mass is 9.91. The first-order chi connectivity index (χ1) is 13.1. The van der Waals surface area contributed by atoms with Crippen molar-refractivity contribution in [2.45, 2.75) is 18.4 Å². The molecule has 3 aromatic rings. The Labute approximate surface area is 170 Å². The SMILES string of the molecule is COC1(C(=O)Nc2ccc(-c3nc4ccccc4n3C)cc2)CCNCC1.Cl. The van der Waals surface area contributed by atoms with E-state index in [1.165, 1.54) is 0 Å². The van der Waals surface area contributed by atoms with E-state index >= 15 is 0 Å². The topological polar surface area (TPSA) is 68.2 Å². The lowest BCUT2D eigenvalue weighted by Gasteiger charge is -2.34. The van der Waals surface area contributed by atoms with Gasteiger partial charge in [-0.05, 0) is 62.3 Å². The number of halogens is 1. The largest absolute Gasteiger partial charge is 0.368 e. The summed E-state index contributed by atoms with van der Waals surface area (Å²) in [5, 5.41) is 6.27. The normalized spacial score (nSPS) is 15.8. The Morgan fingerprint density at radius 1 is 1.14 bits per heavy atom. The molecule has 0 atom stereocenters. The molecular formula is C21H25ClN4O2. The molecule has 2 heterocycles. The summed E-state index contributed by atoms with van der Waals surface area (Å²) in [5.41, 5.74) is 3.09. The van der Waals surface area contributed by atoms with Crippen LogP contribution in [0.5, 0.6) is 0 Å². The molecule has 7 heteroatoms. The van der Waals surface area contributed by atoms with E-state index in [2.05, 4.69) is 21.3 Å². The van der Waals surface area contributed by atoms with E-state index in [4.69, 9.17) is 9.72 Å². The third-order valence-electron chi connectivity index (χ3n) is 5.40. The van der Waals surface area contributed by atoms with Crippen LogP contribution in [-0.2, 0) is 16.6 Å². The minimum Gasteiger partial charge on any atom is -0.368 e. The van der Waals surface area contributed by atoms with Crippen LogP contribution in [0.2, 0.25) is 0 Å². The maximum atomic E-state index is 12.8. The number of fused-ring (bicyclic) bond motifs is 1. The van der Waals surface area contributed by atoms with Gasteiger partial charge >= 0.3 is 0 Å². The van der Waals surface area contributed by atoms with Crippen molar-refractivity contribution >= 4 is 35.0 Å². The molecule has 1 aliphatic rings. The summed E-state index contributed by atoms with van der Waals surface area (Å²) < 4.78 is 7.67. The lowest BCUT2D eigenvalue weighted by molar-refractivity contribution is -0.140. The van der Waals surface area contributed by atoms with Crippen molar-refractivity contribution in [1.29, 1.82) is 0 Å². The number of nitrogens with one attached hydrogen (secondary N) is 2. The minimum atomic E-state index is -0.749. The molecule has 148 valence electrons. The number of carbonyl (C=O) groups is 1. The molecule has 2 N–H and O–H groups in total. The van der Waals surface area contributed by atoms with E-state index in [1.807, 2.05) is 49.5 Å². The van der Waals surface area contributed by atoms with Gasteiger partial charge in [0.2, 0.25) is 0 Å². The van der Waals surface area contributed by atoms with Crippen molar-refractivity contribution in [3.63, 3.8) is 0 Å². The smallest absolute Gasteiger partial charge is 0.256 e. The highest BCUT2D eigenvalue weighted by atomic mass is 35.5. The van der Waals surface area contributed by atoms with Crippen molar-refractivity contribution < 1.29 is 9.53 Å². The van der Waals surface area contributed by atoms with Crippen LogP contribution in [0.3, 0.4) is 0 Å². The molecule has 0 radical (unpaired) electrons. The number of amides is 1. The second kappa shape index (κ2) is 8.31. The van der Waals surface area contributed by atoms with Crippen molar-refractivity contribution in [2.24, 2.45) is 7.05 Å². The Morgan fingerprint density at radius 3 is 2.46 bits per heavy atom. The van der Waals surface area contributed by atoms with E-state index in [-0.39, 0.29) is 18.3 Å². The third-order valence-corrected chi connectivity index (χ3v) is 5.40. The summed E-state index contributed by atoms with van der Waals surface area (Å²) in [6.45, 7) is 1.57. The van der Waals surface area contributed by atoms with Crippen LogP contribution >= 0.6 is 12.4 Å². The monoisotopic (exact) mass is 400 g/mol. The van der Waals surface area contributed by atoms with Crippen LogP contribution in [0.25, 0.3) is 22.4 Å². The number of imidazole rings is 1. The Hall–Kier alpha value is -2.41. The number of nitrogens with zero attached hydrogens (tertiary/aromatic N) is 2. The first kappa shape index (κ1) is 20.3. The number of methoxy groups -OCH3 is 1. The van der Waals surface area contributed by atoms with Crippen LogP contribution in [0, 0.1) is 0 Å². The molecule has 0 saturated carbocycles. The lowest BCUT2D eigenvalue weighted by Crippen LogP contribution is -2.51. The van der Waals surface area contributed by atoms with Gasteiger partial charge in [0.25, 0.3) is 5.91 Å². The fourth-order valence-electron chi connectivity index (χ4n) is 3.71. The maximum Gasteiger partial charge on any atom is 0.256 e. The molecular weight excluding hydrogens is 376 g/mol. The van der Waals surface area contributed by atoms with Crippen LogP contribution in [0.1, 0.15) is 12.8 Å². The Morgan fingerprint density at radius 2 is 1.82 bits per heavy atom. The number of carbonyl (C=O) groups excluding carboxylic acids is 1. The fourth-order valence-corrected chi connectivity index (χ4v) is 3.71. The van der Waals surface area contributed by atoms with E-state index < -0.39 is 5.60 Å². The number of anilines is 1. The standard InChI is InChI=1S/C21H24N4O2.ClH/c1-25-18-6-4-3-5-17(18)24-19(25)15-7-9-16(10-8-15)23-20(26)21(27-2)11-13-22-14-12-21;/h3-10,22H,11-14H2,1-2H3,(H,23,26);1H. The molecule has 6 nitrogen and oxygen atoms in total. The molecule has 1 amide bonds.